The fourth-order valence-electron chi connectivity index (χ4n) is 8.42. The Balaban J connectivity index is 0.000000497. The van der Waals surface area contributed by atoms with Gasteiger partial charge in [-0.15, -0.1) is 0 Å². The first-order chi connectivity index (χ1) is 34.4. The third kappa shape index (κ3) is 26.5. The number of unbranched alkanes of at least 4 members (excludes halogenated alkanes) is 14. The largest absolute Gasteiger partial charge is 0.497 e. The van der Waals surface area contributed by atoms with Crippen molar-refractivity contribution >= 4 is 35.3 Å². The second kappa shape index (κ2) is 38.2. The first-order valence-electron chi connectivity index (χ1n) is 26.7. The predicted octanol–water partition coefficient (Wildman–Crippen LogP) is 12.9. The summed E-state index contributed by atoms with van der Waals surface area (Å²) in [5, 5.41) is 9.38. The first-order valence-corrected chi connectivity index (χ1v) is 26.7. The Morgan fingerprint density at radius 2 is 0.845 bits per heavy atom. The monoisotopic (exact) mass is 985 g/mol. The van der Waals surface area contributed by atoms with Crippen LogP contribution in [0.3, 0.4) is 0 Å². The van der Waals surface area contributed by atoms with Gasteiger partial charge in [-0.1, -0.05) is 185 Å². The summed E-state index contributed by atoms with van der Waals surface area (Å²) in [6.07, 6.45) is 20.1. The van der Waals surface area contributed by atoms with Crippen molar-refractivity contribution in [1.82, 2.24) is 9.80 Å². The summed E-state index contributed by atoms with van der Waals surface area (Å²) in [7, 11) is 3.18. The van der Waals surface area contributed by atoms with Gasteiger partial charge < -0.3 is 29.1 Å². The number of Topliss-reactive ketones (excluding diaryl/α,β-unsaturated/α-hetero) is 2. The van der Waals surface area contributed by atoms with Gasteiger partial charge in [0.25, 0.3) is 0 Å². The molecule has 1 N–H and O–H groups in total. The van der Waals surface area contributed by atoms with Gasteiger partial charge in [-0.2, -0.15) is 0 Å². The number of carbonyl (C=O) groups excluding carboxylic acids is 5. The molecule has 3 aromatic carbocycles. The molecule has 12 nitrogen and oxygen atoms in total. The van der Waals surface area contributed by atoms with Gasteiger partial charge in [0.1, 0.15) is 42.8 Å². The Morgan fingerprint density at radius 3 is 1.23 bits per heavy atom. The summed E-state index contributed by atoms with van der Waals surface area (Å²) in [6, 6.07) is 24.1. The van der Waals surface area contributed by atoms with Crippen LogP contribution >= 0.6 is 0 Å². The van der Waals surface area contributed by atoms with Crippen molar-refractivity contribution in [2.75, 3.05) is 27.3 Å². The van der Waals surface area contributed by atoms with E-state index in [1.807, 2.05) is 66.7 Å². The topological polar surface area (TPSA) is 157 Å². The molecule has 0 saturated heterocycles. The predicted molar refractivity (Wildman–Crippen MR) is 282 cm³/mol. The number of amides is 2. The zero-order chi connectivity index (χ0) is 52.1. The Labute approximate surface area is 426 Å². The van der Waals surface area contributed by atoms with E-state index in [0.29, 0.717) is 37.2 Å². The van der Waals surface area contributed by atoms with E-state index in [0.717, 1.165) is 132 Å². The molecule has 0 saturated carbocycles. The number of esters is 1. The Hall–Kier alpha value is -5.52. The van der Waals surface area contributed by atoms with Crippen molar-refractivity contribution in [1.29, 1.82) is 0 Å². The van der Waals surface area contributed by atoms with E-state index in [2.05, 4.69) is 27.7 Å². The number of nitrogens with zero attached hydrogens (tertiary/aromatic N) is 2. The van der Waals surface area contributed by atoms with Gasteiger partial charge in [0.2, 0.25) is 11.8 Å². The number of carbonyl (C=O) groups is 6. The fraction of sp³-hybridized carbons (Fsp3) is 0.593. The van der Waals surface area contributed by atoms with Crippen LogP contribution in [0.2, 0.25) is 0 Å². The Bertz CT molecular complexity index is 1940. The fourth-order valence-corrected chi connectivity index (χ4v) is 8.42. The zero-order valence-electron chi connectivity index (χ0n) is 44.3. The van der Waals surface area contributed by atoms with Gasteiger partial charge in [0.15, 0.2) is 0 Å². The molecular formula is C59H88N2O10. The highest BCUT2D eigenvalue weighted by atomic mass is 16.5. The molecule has 0 aliphatic rings. The smallest absolute Gasteiger partial charge is 0.325 e. The van der Waals surface area contributed by atoms with Gasteiger partial charge in [-0.3, -0.25) is 28.8 Å². The molecule has 0 heterocycles. The number of carboxylic acid groups (broad SMARTS) is 1. The molecule has 2 amide bonds. The van der Waals surface area contributed by atoms with Crippen molar-refractivity contribution in [2.24, 2.45) is 11.8 Å². The van der Waals surface area contributed by atoms with Gasteiger partial charge in [0.05, 0.1) is 26.1 Å². The van der Waals surface area contributed by atoms with Gasteiger partial charge in [-0.25, -0.2) is 0 Å². The molecule has 0 aliphatic carbocycles. The average molecular weight is 985 g/mol. The number of ketones is 2. The van der Waals surface area contributed by atoms with Crippen LogP contribution in [0.25, 0.3) is 0 Å². The van der Waals surface area contributed by atoms with Crippen molar-refractivity contribution < 1.29 is 48.1 Å². The maximum atomic E-state index is 13.9. The van der Waals surface area contributed by atoms with Crippen molar-refractivity contribution in [3.8, 4) is 11.5 Å². The molecule has 394 valence electrons. The quantitative estimate of drug-likeness (QED) is 0.0333. The minimum atomic E-state index is -1.08. The molecule has 0 bridgehead atoms. The van der Waals surface area contributed by atoms with E-state index in [4.69, 9.17) is 14.2 Å². The number of aliphatic carboxylic acids is 1. The molecular weight excluding hydrogens is 897 g/mol. The summed E-state index contributed by atoms with van der Waals surface area (Å²) >= 11 is 0. The molecule has 0 fully saturated rings. The lowest BCUT2D eigenvalue weighted by atomic mass is 9.91. The van der Waals surface area contributed by atoms with Gasteiger partial charge in [-0.05, 0) is 66.6 Å². The highest BCUT2D eigenvalue weighted by Gasteiger charge is 2.32. The van der Waals surface area contributed by atoms with E-state index in [1.54, 1.807) is 26.4 Å². The van der Waals surface area contributed by atoms with Crippen LogP contribution in [0, 0.1) is 11.8 Å². The second-order valence-electron chi connectivity index (χ2n) is 18.7. The molecule has 3 aromatic rings. The molecule has 71 heavy (non-hydrogen) atoms. The number of methoxy groups -OCH3 is 2. The average Bonchev–Trinajstić information content (AvgIpc) is 3.38. The van der Waals surface area contributed by atoms with Gasteiger partial charge >= 0.3 is 11.9 Å². The van der Waals surface area contributed by atoms with E-state index in [9.17, 15) is 33.9 Å². The minimum absolute atomic E-state index is 0.00891. The van der Waals surface area contributed by atoms with Crippen LogP contribution in [-0.2, 0) is 53.2 Å². The molecule has 2 unspecified atom stereocenters. The van der Waals surface area contributed by atoms with Crippen LogP contribution in [0.5, 0.6) is 11.5 Å². The molecule has 0 aliphatic heterocycles. The number of benzene rings is 3. The van der Waals surface area contributed by atoms with E-state index in [-0.39, 0.29) is 49.6 Å². The lowest BCUT2D eigenvalue weighted by molar-refractivity contribution is -0.153. The highest BCUT2D eigenvalue weighted by molar-refractivity contribution is 6.02. The van der Waals surface area contributed by atoms with Crippen LogP contribution in [0.4, 0.5) is 0 Å². The molecule has 0 aromatic heterocycles. The number of hydrogen-bond acceptors (Lipinski definition) is 9. The maximum Gasteiger partial charge on any atom is 0.325 e. The standard InChI is InChI=1S/C33H47NO5.C26H41NO5/c1-4-6-8-10-15-19-31(35)30(18-14-9-7-5-2)33(37)34(24-27-20-22-29(38-3)23-21-27)25-32(36)39-26-28-16-12-11-13-17-28;1-4-6-8-10-12-14-24(28)23(13-11-9-7-5-2)26(31)27(20-25(29)30)19-21-15-17-22(32-3)18-16-21/h11-13,16-17,20-23,30H,4-10,14-15,18-19,24-26H2,1-3H3;15-18,23H,4-14,19-20H2,1-3H3,(H,29,30). The summed E-state index contributed by atoms with van der Waals surface area (Å²) in [6.45, 7) is 8.47. The van der Waals surface area contributed by atoms with E-state index < -0.39 is 30.3 Å². The summed E-state index contributed by atoms with van der Waals surface area (Å²) in [5.74, 6) is -2.35. The molecule has 0 radical (unpaired) electrons. The normalized spacial score (nSPS) is 11.6. The first kappa shape index (κ1) is 61.6. The van der Waals surface area contributed by atoms with Crippen molar-refractivity contribution in [3.05, 3.63) is 95.6 Å². The van der Waals surface area contributed by atoms with Crippen molar-refractivity contribution in [2.45, 2.75) is 189 Å². The van der Waals surface area contributed by atoms with Crippen molar-refractivity contribution in [3.63, 3.8) is 0 Å². The van der Waals surface area contributed by atoms with Crippen LogP contribution < -0.4 is 9.47 Å². The maximum absolute atomic E-state index is 13.9. The third-order valence-electron chi connectivity index (χ3n) is 12.7. The second-order valence-corrected chi connectivity index (χ2v) is 18.7. The molecule has 2 atom stereocenters. The highest BCUT2D eigenvalue weighted by Crippen LogP contribution is 2.24. The van der Waals surface area contributed by atoms with E-state index >= 15 is 0 Å². The van der Waals surface area contributed by atoms with Crippen LogP contribution in [0.1, 0.15) is 186 Å². The summed E-state index contributed by atoms with van der Waals surface area (Å²) in [4.78, 5) is 80.7. The SMILES string of the molecule is CCCCCCCC(=O)C(CCCCCC)C(=O)N(CC(=O)O)Cc1ccc(OC)cc1.CCCCCCCC(=O)C(CCCCCC)C(=O)N(CC(=O)OCc1ccccc1)Cc1ccc(OC)cc1. The Morgan fingerprint density at radius 1 is 0.465 bits per heavy atom. The number of ether oxygens (including phenoxy) is 3. The van der Waals surface area contributed by atoms with E-state index in [1.165, 1.54) is 9.80 Å². The number of hydrogen-bond donors (Lipinski definition) is 1. The van der Waals surface area contributed by atoms with Crippen LogP contribution in [-0.4, -0.2) is 77.5 Å². The minimum Gasteiger partial charge on any atom is -0.497 e. The number of carboxylic acids is 1. The van der Waals surface area contributed by atoms with Gasteiger partial charge in [0, 0.05) is 25.9 Å². The number of rotatable bonds is 38. The van der Waals surface area contributed by atoms with Crippen LogP contribution in [0.15, 0.2) is 78.9 Å². The molecule has 3 rings (SSSR count). The molecule has 12 heteroatoms. The summed E-state index contributed by atoms with van der Waals surface area (Å²) in [5.41, 5.74) is 2.54. The third-order valence-corrected chi connectivity index (χ3v) is 12.7. The zero-order valence-corrected chi connectivity index (χ0v) is 44.3. The lowest BCUT2D eigenvalue weighted by Crippen LogP contribution is -2.42. The summed E-state index contributed by atoms with van der Waals surface area (Å²) < 4.78 is 15.9. The lowest BCUT2D eigenvalue weighted by Gasteiger charge is -2.26. The molecule has 0 spiro atoms. The Kier molecular flexibility index (Phi) is 33.1.